The highest BCUT2D eigenvalue weighted by Crippen LogP contribution is 2.26. The number of nitrogens with zero attached hydrogens (tertiary/aromatic N) is 3. The average molecular weight is 420 g/mol. The summed E-state index contributed by atoms with van der Waals surface area (Å²) in [5.74, 6) is 1.58. The lowest BCUT2D eigenvalue weighted by Crippen LogP contribution is -2.39. The molecule has 162 valence electrons. The highest BCUT2D eigenvalue weighted by atomic mass is 16.5. The van der Waals surface area contributed by atoms with Crippen molar-refractivity contribution in [1.29, 1.82) is 0 Å². The summed E-state index contributed by atoms with van der Waals surface area (Å²) in [7, 11) is 1.73. The van der Waals surface area contributed by atoms with Gasteiger partial charge in [-0.05, 0) is 62.3 Å². The van der Waals surface area contributed by atoms with Crippen LogP contribution in [-0.4, -0.2) is 34.1 Å². The number of likely N-dealkylation sites (N-methyl/N-ethyl adjacent to an activating group) is 1. The Morgan fingerprint density at radius 3 is 2.61 bits per heavy atom. The first-order valence-electron chi connectivity index (χ1n) is 11.0. The molecule has 0 fully saturated rings. The fourth-order valence-electron chi connectivity index (χ4n) is 3.92. The molecule has 1 aromatic heterocycles. The van der Waals surface area contributed by atoms with E-state index in [1.807, 2.05) is 44.2 Å². The van der Waals surface area contributed by atoms with E-state index in [1.165, 1.54) is 29.5 Å². The second kappa shape index (κ2) is 9.33. The van der Waals surface area contributed by atoms with Gasteiger partial charge in [0.1, 0.15) is 5.75 Å². The highest BCUT2D eigenvalue weighted by Gasteiger charge is 2.24. The molecule has 0 spiro atoms. The van der Waals surface area contributed by atoms with Gasteiger partial charge >= 0.3 is 0 Å². The van der Waals surface area contributed by atoms with E-state index in [9.17, 15) is 4.79 Å². The van der Waals surface area contributed by atoms with Gasteiger partial charge in [0.25, 0.3) is 5.91 Å². The Bertz CT molecular complexity index is 1040. The molecule has 31 heavy (non-hydrogen) atoms. The molecule has 6 heteroatoms. The zero-order chi connectivity index (χ0) is 21.8. The summed E-state index contributed by atoms with van der Waals surface area (Å²) in [5.41, 5.74) is 4.80. The van der Waals surface area contributed by atoms with Crippen molar-refractivity contribution in [3.63, 3.8) is 0 Å². The second-order valence-electron chi connectivity index (χ2n) is 8.22. The van der Waals surface area contributed by atoms with Crippen LogP contribution in [0.15, 0.2) is 47.0 Å². The van der Waals surface area contributed by atoms with E-state index in [4.69, 9.17) is 9.26 Å². The van der Waals surface area contributed by atoms with E-state index >= 15 is 0 Å². The number of carbonyl (C=O) groups excluding carboxylic acids is 1. The number of fused-ring (bicyclic) bond motifs is 1. The summed E-state index contributed by atoms with van der Waals surface area (Å²) in [6.07, 6.45) is 4.70. The number of amides is 1. The van der Waals surface area contributed by atoms with Crippen molar-refractivity contribution in [3.05, 3.63) is 65.0 Å². The molecule has 0 saturated heterocycles. The van der Waals surface area contributed by atoms with Crippen molar-refractivity contribution < 1.29 is 14.1 Å². The summed E-state index contributed by atoms with van der Waals surface area (Å²) in [4.78, 5) is 19.0. The van der Waals surface area contributed by atoms with Crippen LogP contribution in [0.5, 0.6) is 5.75 Å². The van der Waals surface area contributed by atoms with Gasteiger partial charge in [-0.25, -0.2) is 0 Å². The van der Waals surface area contributed by atoms with Crippen LogP contribution in [0, 0.1) is 6.92 Å². The van der Waals surface area contributed by atoms with Gasteiger partial charge in [0, 0.05) is 12.6 Å². The molecular weight excluding hydrogens is 390 g/mol. The lowest BCUT2D eigenvalue weighted by atomic mass is 9.92. The molecule has 1 heterocycles. The molecule has 0 saturated carbocycles. The normalized spacial score (nSPS) is 14.0. The predicted octanol–water partition coefficient (Wildman–Crippen LogP) is 4.74. The number of aryl methyl sites for hydroxylation is 3. The van der Waals surface area contributed by atoms with Crippen molar-refractivity contribution in [2.24, 2.45) is 0 Å². The zero-order valence-electron chi connectivity index (χ0n) is 18.4. The monoisotopic (exact) mass is 419 g/mol. The number of aromatic nitrogens is 2. The van der Waals surface area contributed by atoms with E-state index in [0.717, 1.165) is 24.2 Å². The number of rotatable bonds is 7. The van der Waals surface area contributed by atoms with E-state index in [-0.39, 0.29) is 12.5 Å². The Hall–Kier alpha value is -3.15. The number of hydrogen-bond acceptors (Lipinski definition) is 5. The fourth-order valence-corrected chi connectivity index (χ4v) is 3.92. The van der Waals surface area contributed by atoms with Crippen LogP contribution >= 0.6 is 0 Å². The van der Waals surface area contributed by atoms with Gasteiger partial charge in [-0.15, -0.1) is 0 Å². The van der Waals surface area contributed by atoms with E-state index in [2.05, 4.69) is 22.3 Å². The van der Waals surface area contributed by atoms with E-state index in [0.29, 0.717) is 18.1 Å². The number of hydrogen-bond donors (Lipinski definition) is 0. The average Bonchev–Trinajstić information content (AvgIpc) is 3.25. The maximum Gasteiger partial charge on any atom is 0.263 e. The van der Waals surface area contributed by atoms with Gasteiger partial charge in [-0.2, -0.15) is 4.98 Å². The van der Waals surface area contributed by atoms with Crippen LogP contribution in [0.2, 0.25) is 0 Å². The predicted molar refractivity (Wildman–Crippen MR) is 119 cm³/mol. The SMILES string of the molecule is CCC(Oc1ccc2c(c1)CCCC2)C(=O)N(C)Cc1nc(-c2ccc(C)cc2)no1. The molecule has 1 atom stereocenters. The van der Waals surface area contributed by atoms with Crippen molar-refractivity contribution in [2.45, 2.75) is 58.6 Å². The first kappa shape index (κ1) is 21.1. The molecule has 1 aliphatic carbocycles. The molecule has 1 aliphatic rings. The van der Waals surface area contributed by atoms with E-state index in [1.54, 1.807) is 11.9 Å². The van der Waals surface area contributed by atoms with Gasteiger partial charge in [-0.3, -0.25) is 4.79 Å². The molecule has 1 unspecified atom stereocenters. The van der Waals surface area contributed by atoms with Gasteiger partial charge in [0.15, 0.2) is 6.10 Å². The molecule has 0 radical (unpaired) electrons. The first-order chi connectivity index (χ1) is 15.0. The third kappa shape index (κ3) is 4.95. The number of benzene rings is 2. The highest BCUT2D eigenvalue weighted by molar-refractivity contribution is 5.81. The molecule has 1 amide bonds. The third-order valence-electron chi connectivity index (χ3n) is 5.77. The summed E-state index contributed by atoms with van der Waals surface area (Å²) in [6.45, 7) is 4.22. The Labute approximate surface area is 183 Å². The molecule has 2 aromatic carbocycles. The summed E-state index contributed by atoms with van der Waals surface area (Å²) in [6, 6.07) is 14.1. The molecule has 0 bridgehead atoms. The lowest BCUT2D eigenvalue weighted by Gasteiger charge is -2.24. The molecule has 3 aromatic rings. The number of carbonyl (C=O) groups is 1. The third-order valence-corrected chi connectivity index (χ3v) is 5.77. The standard InChI is InChI=1S/C25H29N3O3/c1-4-22(30-21-14-13-18-7-5-6-8-20(18)15-21)25(29)28(3)16-23-26-24(27-31-23)19-11-9-17(2)10-12-19/h9-15,22H,4-8,16H2,1-3H3. The lowest BCUT2D eigenvalue weighted by molar-refractivity contribution is -0.138. The van der Waals surface area contributed by atoms with Crippen LogP contribution < -0.4 is 4.74 Å². The maximum absolute atomic E-state index is 13.0. The van der Waals surface area contributed by atoms with Crippen LogP contribution in [-0.2, 0) is 24.2 Å². The van der Waals surface area contributed by atoms with Gasteiger partial charge in [-0.1, -0.05) is 48.0 Å². The van der Waals surface area contributed by atoms with Gasteiger partial charge in [0.05, 0.1) is 6.54 Å². The Morgan fingerprint density at radius 1 is 1.13 bits per heavy atom. The minimum Gasteiger partial charge on any atom is -0.481 e. The Morgan fingerprint density at radius 2 is 1.87 bits per heavy atom. The van der Waals surface area contributed by atoms with Crippen LogP contribution in [0.1, 0.15) is 48.8 Å². The molecule has 0 N–H and O–H groups in total. The van der Waals surface area contributed by atoms with Crippen LogP contribution in [0.3, 0.4) is 0 Å². The maximum atomic E-state index is 13.0. The first-order valence-corrected chi connectivity index (χ1v) is 11.0. The molecule has 6 nitrogen and oxygen atoms in total. The molecule has 0 aliphatic heterocycles. The van der Waals surface area contributed by atoms with Crippen molar-refractivity contribution in [1.82, 2.24) is 15.0 Å². The summed E-state index contributed by atoms with van der Waals surface area (Å²) >= 11 is 0. The van der Waals surface area contributed by atoms with Crippen molar-refractivity contribution in [2.75, 3.05) is 7.05 Å². The second-order valence-corrected chi connectivity index (χ2v) is 8.22. The quantitative estimate of drug-likeness (QED) is 0.553. The summed E-state index contributed by atoms with van der Waals surface area (Å²) in [5, 5.41) is 4.05. The van der Waals surface area contributed by atoms with E-state index < -0.39 is 6.10 Å². The molecule has 4 rings (SSSR count). The smallest absolute Gasteiger partial charge is 0.263 e. The van der Waals surface area contributed by atoms with Crippen LogP contribution in [0.25, 0.3) is 11.4 Å². The minimum absolute atomic E-state index is 0.102. The summed E-state index contributed by atoms with van der Waals surface area (Å²) < 4.78 is 11.4. The fraction of sp³-hybridized carbons (Fsp3) is 0.400. The van der Waals surface area contributed by atoms with Crippen molar-refractivity contribution >= 4 is 5.91 Å². The Balaban J connectivity index is 1.40. The topological polar surface area (TPSA) is 68.5 Å². The van der Waals surface area contributed by atoms with Gasteiger partial charge in [0.2, 0.25) is 11.7 Å². The van der Waals surface area contributed by atoms with Crippen LogP contribution in [0.4, 0.5) is 0 Å². The van der Waals surface area contributed by atoms with Gasteiger partial charge < -0.3 is 14.2 Å². The Kier molecular flexibility index (Phi) is 6.35. The minimum atomic E-state index is -0.550. The molecular formula is C25H29N3O3. The number of ether oxygens (including phenoxy) is 1. The largest absolute Gasteiger partial charge is 0.481 e. The zero-order valence-corrected chi connectivity index (χ0v) is 18.4. The van der Waals surface area contributed by atoms with Crippen molar-refractivity contribution in [3.8, 4) is 17.1 Å².